The van der Waals surface area contributed by atoms with Gasteiger partial charge in [-0.1, -0.05) is 6.92 Å². The first-order valence-electron chi connectivity index (χ1n) is 5.99. The number of nitrogens with zero attached hydrogens (tertiary/aromatic N) is 3. The highest BCUT2D eigenvalue weighted by Crippen LogP contribution is 2.07. The maximum atomic E-state index is 12.2. The Morgan fingerprint density at radius 2 is 2.18 bits per heavy atom. The fraction of sp³-hybridized carbons (Fsp3) is 0.667. The molecule has 0 N–H and O–H groups in total. The zero-order chi connectivity index (χ0) is 12.8. The lowest BCUT2D eigenvalue weighted by molar-refractivity contribution is 0.571. The van der Waals surface area contributed by atoms with Gasteiger partial charge in [0.15, 0.2) is 5.82 Å². The molecule has 1 aromatic rings. The second-order valence-electron chi connectivity index (χ2n) is 4.23. The topological polar surface area (TPSA) is 38.1 Å². The summed E-state index contributed by atoms with van der Waals surface area (Å²) in [6.45, 7) is 7.50. The first-order valence-corrected chi connectivity index (χ1v) is 6.53. The number of hydrogen-bond acceptors (Lipinski definition) is 3. The van der Waals surface area contributed by atoms with E-state index in [-0.39, 0.29) is 11.6 Å². The van der Waals surface area contributed by atoms with Crippen molar-refractivity contribution in [2.45, 2.75) is 33.2 Å². The van der Waals surface area contributed by atoms with E-state index < -0.39 is 0 Å². The molecule has 0 saturated carbocycles. The van der Waals surface area contributed by atoms with Crippen molar-refractivity contribution in [1.82, 2.24) is 9.55 Å². The molecule has 4 nitrogen and oxygen atoms in total. The molecule has 1 rings (SSSR count). The van der Waals surface area contributed by atoms with Gasteiger partial charge in [-0.15, -0.1) is 11.6 Å². The molecule has 0 aliphatic heterocycles. The zero-order valence-corrected chi connectivity index (χ0v) is 11.4. The van der Waals surface area contributed by atoms with Crippen LogP contribution in [0.25, 0.3) is 0 Å². The summed E-state index contributed by atoms with van der Waals surface area (Å²) >= 11 is 5.76. The van der Waals surface area contributed by atoms with Crippen LogP contribution in [0, 0.1) is 0 Å². The fourth-order valence-corrected chi connectivity index (χ4v) is 1.94. The average molecular weight is 258 g/mol. The van der Waals surface area contributed by atoms with Crippen LogP contribution >= 0.6 is 11.6 Å². The van der Waals surface area contributed by atoms with Gasteiger partial charge in [-0.2, -0.15) is 0 Å². The Morgan fingerprint density at radius 1 is 1.47 bits per heavy atom. The van der Waals surface area contributed by atoms with Crippen molar-refractivity contribution in [3.8, 4) is 0 Å². The molecule has 1 aromatic heterocycles. The van der Waals surface area contributed by atoms with Gasteiger partial charge in [-0.25, -0.2) is 4.98 Å². The van der Waals surface area contributed by atoms with Gasteiger partial charge < -0.3 is 9.47 Å². The molecular weight excluding hydrogens is 238 g/mol. The average Bonchev–Trinajstić information content (AvgIpc) is 2.29. The van der Waals surface area contributed by atoms with Crippen LogP contribution in [0.2, 0.25) is 0 Å². The molecule has 0 spiro atoms. The molecule has 17 heavy (non-hydrogen) atoms. The minimum Gasteiger partial charge on any atom is -0.351 e. The number of anilines is 1. The maximum absolute atomic E-state index is 12.2. The van der Waals surface area contributed by atoms with Crippen LogP contribution in [0.15, 0.2) is 17.2 Å². The molecule has 0 unspecified atom stereocenters. The molecule has 0 saturated heterocycles. The summed E-state index contributed by atoms with van der Waals surface area (Å²) in [6, 6.07) is 0.142. The highest BCUT2D eigenvalue weighted by atomic mass is 35.5. The standard InChI is InChI=1S/C12H20ClN3O/c1-4-7-15(8-5-13)11-12(17)16(10(2)3)9-6-14-11/h6,9-10H,4-5,7-8H2,1-3H3. The molecule has 0 bridgehead atoms. The Bertz CT molecular complexity index is 397. The molecule has 0 radical (unpaired) electrons. The molecular formula is C12H20ClN3O. The van der Waals surface area contributed by atoms with Crippen LogP contribution in [-0.2, 0) is 0 Å². The molecule has 0 fully saturated rings. The summed E-state index contributed by atoms with van der Waals surface area (Å²) in [5, 5.41) is 0. The van der Waals surface area contributed by atoms with Gasteiger partial charge in [0, 0.05) is 37.4 Å². The number of aromatic nitrogens is 2. The Kier molecular flexibility index (Phi) is 5.48. The molecule has 96 valence electrons. The lowest BCUT2D eigenvalue weighted by Crippen LogP contribution is -2.35. The van der Waals surface area contributed by atoms with Crippen LogP contribution in [0.4, 0.5) is 5.82 Å². The second-order valence-corrected chi connectivity index (χ2v) is 4.61. The first kappa shape index (κ1) is 14.0. The van der Waals surface area contributed by atoms with E-state index in [1.807, 2.05) is 18.7 Å². The first-order chi connectivity index (χ1) is 8.11. The van der Waals surface area contributed by atoms with Crippen molar-refractivity contribution in [2.24, 2.45) is 0 Å². The van der Waals surface area contributed by atoms with Gasteiger partial charge in [0.2, 0.25) is 0 Å². The summed E-state index contributed by atoms with van der Waals surface area (Å²) in [5.74, 6) is 1.00. The molecule has 0 aromatic carbocycles. The van der Waals surface area contributed by atoms with Gasteiger partial charge in [-0.05, 0) is 20.3 Å². The summed E-state index contributed by atoms with van der Waals surface area (Å²) < 4.78 is 1.69. The van der Waals surface area contributed by atoms with Gasteiger partial charge in [0.05, 0.1) is 0 Å². The lowest BCUT2D eigenvalue weighted by Gasteiger charge is -2.22. The number of alkyl halides is 1. The second kappa shape index (κ2) is 6.64. The van der Waals surface area contributed by atoms with Crippen LogP contribution in [0.3, 0.4) is 0 Å². The minimum atomic E-state index is -0.0407. The molecule has 0 aliphatic carbocycles. The zero-order valence-electron chi connectivity index (χ0n) is 10.7. The van der Waals surface area contributed by atoms with Crippen molar-refractivity contribution < 1.29 is 0 Å². The summed E-state index contributed by atoms with van der Waals surface area (Å²) in [6.07, 6.45) is 4.36. The van der Waals surface area contributed by atoms with E-state index in [0.717, 1.165) is 13.0 Å². The maximum Gasteiger partial charge on any atom is 0.293 e. The van der Waals surface area contributed by atoms with Crippen LogP contribution in [0.5, 0.6) is 0 Å². The summed E-state index contributed by atoms with van der Waals surface area (Å²) in [7, 11) is 0. The van der Waals surface area contributed by atoms with E-state index in [0.29, 0.717) is 18.2 Å². The highest BCUT2D eigenvalue weighted by molar-refractivity contribution is 6.18. The predicted octanol–water partition coefficient (Wildman–Crippen LogP) is 2.28. The molecule has 0 amide bonds. The van der Waals surface area contributed by atoms with Crippen molar-refractivity contribution >= 4 is 17.4 Å². The van der Waals surface area contributed by atoms with Crippen LogP contribution in [-0.4, -0.2) is 28.5 Å². The lowest BCUT2D eigenvalue weighted by atomic mass is 10.3. The van der Waals surface area contributed by atoms with Crippen molar-refractivity contribution in [2.75, 3.05) is 23.9 Å². The van der Waals surface area contributed by atoms with E-state index in [1.54, 1.807) is 17.0 Å². The predicted molar refractivity (Wildman–Crippen MR) is 72.1 cm³/mol. The van der Waals surface area contributed by atoms with Crippen LogP contribution in [0.1, 0.15) is 33.2 Å². The van der Waals surface area contributed by atoms with Gasteiger partial charge in [0.25, 0.3) is 5.56 Å². The largest absolute Gasteiger partial charge is 0.351 e. The summed E-state index contributed by atoms with van der Waals surface area (Å²) in [5.41, 5.74) is -0.0407. The van der Waals surface area contributed by atoms with Crippen molar-refractivity contribution in [3.05, 3.63) is 22.7 Å². The number of hydrogen-bond donors (Lipinski definition) is 0. The SMILES string of the molecule is CCCN(CCCl)c1nccn(C(C)C)c1=O. The smallest absolute Gasteiger partial charge is 0.293 e. The summed E-state index contributed by atoms with van der Waals surface area (Å²) in [4.78, 5) is 18.4. The van der Waals surface area contributed by atoms with Crippen molar-refractivity contribution in [1.29, 1.82) is 0 Å². The monoisotopic (exact) mass is 257 g/mol. The fourth-order valence-electron chi connectivity index (χ4n) is 1.73. The van der Waals surface area contributed by atoms with E-state index in [9.17, 15) is 4.79 Å². The Morgan fingerprint density at radius 3 is 2.71 bits per heavy atom. The molecule has 5 heteroatoms. The van der Waals surface area contributed by atoms with E-state index >= 15 is 0 Å². The Labute approximate surface area is 107 Å². The molecule has 1 heterocycles. The van der Waals surface area contributed by atoms with E-state index in [2.05, 4.69) is 11.9 Å². The van der Waals surface area contributed by atoms with Crippen molar-refractivity contribution in [3.63, 3.8) is 0 Å². The van der Waals surface area contributed by atoms with E-state index in [4.69, 9.17) is 11.6 Å². The Balaban J connectivity index is 3.10. The number of rotatable bonds is 6. The highest BCUT2D eigenvalue weighted by Gasteiger charge is 2.13. The molecule has 0 atom stereocenters. The van der Waals surface area contributed by atoms with Gasteiger partial charge >= 0.3 is 0 Å². The van der Waals surface area contributed by atoms with E-state index in [1.165, 1.54) is 0 Å². The Hall–Kier alpha value is -1.03. The third kappa shape index (κ3) is 3.46. The normalized spacial score (nSPS) is 10.9. The van der Waals surface area contributed by atoms with Gasteiger partial charge in [-0.3, -0.25) is 4.79 Å². The minimum absolute atomic E-state index is 0.0407. The quantitative estimate of drug-likeness (QED) is 0.734. The molecule has 0 aliphatic rings. The third-order valence-electron chi connectivity index (χ3n) is 2.55. The van der Waals surface area contributed by atoms with Crippen LogP contribution < -0.4 is 10.5 Å². The third-order valence-corrected chi connectivity index (χ3v) is 2.72. The van der Waals surface area contributed by atoms with Gasteiger partial charge in [0.1, 0.15) is 0 Å². The number of halogens is 1.